The molecule has 0 amide bonds. The summed E-state index contributed by atoms with van der Waals surface area (Å²) in [5.74, 6) is 1.44. The Labute approximate surface area is 151 Å². The van der Waals surface area contributed by atoms with E-state index in [1.807, 2.05) is 6.92 Å². The molecule has 25 heavy (non-hydrogen) atoms. The molecule has 1 N–H and O–H groups in total. The Kier molecular flexibility index (Phi) is 6.95. The first-order valence-electron chi connectivity index (χ1n) is 9.00. The molecule has 1 aliphatic carbocycles. The molecule has 0 saturated heterocycles. The summed E-state index contributed by atoms with van der Waals surface area (Å²) in [4.78, 5) is 11.1. The monoisotopic (exact) mass is 366 g/mol. The van der Waals surface area contributed by atoms with E-state index in [1.165, 1.54) is 7.05 Å². The van der Waals surface area contributed by atoms with Crippen molar-refractivity contribution in [1.29, 1.82) is 0 Å². The summed E-state index contributed by atoms with van der Waals surface area (Å²) >= 11 is 0. The van der Waals surface area contributed by atoms with Gasteiger partial charge in [-0.15, -0.1) is 0 Å². The Morgan fingerprint density at radius 2 is 1.96 bits per heavy atom. The molecule has 1 aromatic rings. The van der Waals surface area contributed by atoms with Gasteiger partial charge in [-0.1, -0.05) is 19.1 Å². The van der Waals surface area contributed by atoms with Crippen LogP contribution >= 0.6 is 0 Å². The first-order chi connectivity index (χ1) is 11.9. The predicted molar refractivity (Wildman–Crippen MR) is 103 cm³/mol. The van der Waals surface area contributed by atoms with Crippen LogP contribution in [0, 0.1) is 12.8 Å². The van der Waals surface area contributed by atoms with Crippen molar-refractivity contribution in [3.05, 3.63) is 23.7 Å². The lowest BCUT2D eigenvalue weighted by molar-refractivity contribution is 0.340. The van der Waals surface area contributed by atoms with E-state index in [-0.39, 0.29) is 11.7 Å². The lowest BCUT2D eigenvalue weighted by Crippen LogP contribution is -2.38. The van der Waals surface area contributed by atoms with Crippen molar-refractivity contribution < 1.29 is 8.42 Å². The Morgan fingerprint density at radius 3 is 2.56 bits per heavy atom. The quantitative estimate of drug-likeness (QED) is 0.803. The molecule has 140 valence electrons. The Bertz CT molecular complexity index is 695. The van der Waals surface area contributed by atoms with Gasteiger partial charge in [0.05, 0.1) is 11.4 Å². The second kappa shape index (κ2) is 8.76. The molecule has 1 saturated carbocycles. The first kappa shape index (κ1) is 19.8. The zero-order valence-corrected chi connectivity index (χ0v) is 16.5. The van der Waals surface area contributed by atoms with Crippen molar-refractivity contribution in [3.63, 3.8) is 0 Å². The largest absolute Gasteiger partial charge is 0.356 e. The molecular weight excluding hydrogens is 336 g/mol. The fraction of sp³-hybridized carbons (Fsp3) is 0.667. The second-order valence-corrected chi connectivity index (χ2v) is 8.75. The van der Waals surface area contributed by atoms with Crippen molar-refractivity contribution in [1.82, 2.24) is 14.7 Å². The molecule has 2 rings (SSSR count). The SMILES string of the molecule is CC/C=C\c1c(C)ncnc1N(C)C1CCC(CS(=O)(=O)NC)CC1. The van der Waals surface area contributed by atoms with E-state index in [0.29, 0.717) is 6.04 Å². The Balaban J connectivity index is 2.07. The van der Waals surface area contributed by atoms with Gasteiger partial charge in [-0.25, -0.2) is 23.1 Å². The maximum atomic E-state index is 11.7. The van der Waals surface area contributed by atoms with E-state index in [4.69, 9.17) is 0 Å². The Hall–Kier alpha value is -1.47. The van der Waals surface area contributed by atoms with Crippen molar-refractivity contribution >= 4 is 21.9 Å². The summed E-state index contributed by atoms with van der Waals surface area (Å²) < 4.78 is 25.9. The molecule has 0 unspecified atom stereocenters. The normalized spacial score (nSPS) is 21.6. The van der Waals surface area contributed by atoms with Crippen LogP contribution in [0.3, 0.4) is 0 Å². The van der Waals surface area contributed by atoms with Crippen LogP contribution in [0.4, 0.5) is 5.82 Å². The smallest absolute Gasteiger partial charge is 0.211 e. The zero-order chi connectivity index (χ0) is 18.4. The Morgan fingerprint density at radius 1 is 1.28 bits per heavy atom. The first-order valence-corrected chi connectivity index (χ1v) is 10.6. The van der Waals surface area contributed by atoms with Crippen molar-refractivity contribution in [2.75, 3.05) is 24.7 Å². The molecule has 1 fully saturated rings. The van der Waals surface area contributed by atoms with Gasteiger partial charge in [0.1, 0.15) is 12.1 Å². The third kappa shape index (κ3) is 5.25. The number of allylic oxidation sites excluding steroid dienone is 1. The van der Waals surface area contributed by atoms with Crippen LogP contribution in [0.1, 0.15) is 50.3 Å². The average Bonchev–Trinajstić information content (AvgIpc) is 2.60. The molecule has 1 aliphatic rings. The van der Waals surface area contributed by atoms with Gasteiger partial charge in [0, 0.05) is 18.7 Å². The molecule has 1 heterocycles. The lowest BCUT2D eigenvalue weighted by atomic mass is 9.86. The highest BCUT2D eigenvalue weighted by molar-refractivity contribution is 7.89. The van der Waals surface area contributed by atoms with Gasteiger partial charge < -0.3 is 4.90 Å². The topological polar surface area (TPSA) is 75.2 Å². The minimum Gasteiger partial charge on any atom is -0.356 e. The molecule has 0 spiro atoms. The number of nitrogens with zero attached hydrogens (tertiary/aromatic N) is 3. The van der Waals surface area contributed by atoms with Crippen LogP contribution < -0.4 is 9.62 Å². The molecule has 0 radical (unpaired) electrons. The summed E-state index contributed by atoms with van der Waals surface area (Å²) in [7, 11) is 0.442. The zero-order valence-electron chi connectivity index (χ0n) is 15.7. The van der Waals surface area contributed by atoms with E-state index in [0.717, 1.165) is 49.2 Å². The molecule has 0 aromatic carbocycles. The van der Waals surface area contributed by atoms with Gasteiger partial charge >= 0.3 is 0 Å². The van der Waals surface area contributed by atoms with Crippen molar-refractivity contribution in [2.45, 2.75) is 52.0 Å². The van der Waals surface area contributed by atoms with Gasteiger partial charge in [0.2, 0.25) is 10.0 Å². The van der Waals surface area contributed by atoms with Gasteiger partial charge in [-0.2, -0.15) is 0 Å². The van der Waals surface area contributed by atoms with Crippen LogP contribution in [-0.2, 0) is 10.0 Å². The molecule has 1 aromatic heterocycles. The third-order valence-corrected chi connectivity index (χ3v) is 6.58. The number of nitrogens with one attached hydrogen (secondary N) is 1. The van der Waals surface area contributed by atoms with Crippen LogP contribution in [0.2, 0.25) is 0 Å². The standard InChI is InChI=1S/C18H30N4O2S/c1-5-6-7-17-14(2)20-13-21-18(17)22(4)16-10-8-15(9-11-16)12-25(23,24)19-3/h6-7,13,15-16,19H,5,8-12H2,1-4H3/b7-6-. The molecule has 0 aliphatic heterocycles. The summed E-state index contributed by atoms with van der Waals surface area (Å²) in [5, 5.41) is 0. The lowest BCUT2D eigenvalue weighted by Gasteiger charge is -2.36. The molecule has 0 atom stereocenters. The highest BCUT2D eigenvalue weighted by atomic mass is 32.2. The minimum atomic E-state index is -3.12. The number of anilines is 1. The van der Waals surface area contributed by atoms with Crippen LogP contribution in [-0.4, -0.2) is 44.3 Å². The molecular formula is C18H30N4O2S. The van der Waals surface area contributed by atoms with Crippen LogP contribution in [0.15, 0.2) is 12.4 Å². The maximum absolute atomic E-state index is 11.7. The van der Waals surface area contributed by atoms with Crippen molar-refractivity contribution in [3.8, 4) is 0 Å². The van der Waals surface area contributed by atoms with E-state index < -0.39 is 10.0 Å². The van der Waals surface area contributed by atoms with Gasteiger partial charge in [-0.05, 0) is 52.0 Å². The third-order valence-electron chi connectivity index (χ3n) is 5.05. The fourth-order valence-corrected chi connectivity index (χ4v) is 4.57. The second-order valence-electron chi connectivity index (χ2n) is 6.78. The van der Waals surface area contributed by atoms with E-state index in [1.54, 1.807) is 6.33 Å². The maximum Gasteiger partial charge on any atom is 0.211 e. The highest BCUT2D eigenvalue weighted by Gasteiger charge is 2.28. The summed E-state index contributed by atoms with van der Waals surface area (Å²) in [6.45, 7) is 4.12. The molecule has 7 heteroatoms. The number of aromatic nitrogens is 2. The summed E-state index contributed by atoms with van der Waals surface area (Å²) in [6.07, 6.45) is 10.7. The number of hydrogen-bond acceptors (Lipinski definition) is 5. The average molecular weight is 367 g/mol. The van der Waals surface area contributed by atoms with Gasteiger partial charge in [-0.3, -0.25) is 0 Å². The number of hydrogen-bond donors (Lipinski definition) is 1. The molecule has 0 bridgehead atoms. The fourth-order valence-electron chi connectivity index (χ4n) is 3.45. The summed E-state index contributed by atoms with van der Waals surface area (Å²) in [5.41, 5.74) is 2.06. The highest BCUT2D eigenvalue weighted by Crippen LogP contribution is 2.31. The number of sulfonamides is 1. The van der Waals surface area contributed by atoms with E-state index in [2.05, 4.69) is 45.7 Å². The number of rotatable bonds is 7. The van der Waals surface area contributed by atoms with Crippen molar-refractivity contribution in [2.24, 2.45) is 5.92 Å². The van der Waals surface area contributed by atoms with Gasteiger partial charge in [0.25, 0.3) is 0 Å². The van der Waals surface area contributed by atoms with E-state index >= 15 is 0 Å². The summed E-state index contributed by atoms with van der Waals surface area (Å²) in [6, 6.07) is 0.386. The predicted octanol–water partition coefficient (Wildman–Crippen LogP) is 2.75. The molecule has 6 nitrogen and oxygen atoms in total. The van der Waals surface area contributed by atoms with Gasteiger partial charge in [0.15, 0.2) is 0 Å². The minimum absolute atomic E-state index is 0.233. The van der Waals surface area contributed by atoms with Crippen LogP contribution in [0.25, 0.3) is 6.08 Å². The van der Waals surface area contributed by atoms with Crippen LogP contribution in [0.5, 0.6) is 0 Å². The van der Waals surface area contributed by atoms with E-state index in [9.17, 15) is 8.42 Å². The number of aryl methyl sites for hydroxylation is 1.